The van der Waals surface area contributed by atoms with Crippen molar-refractivity contribution in [1.29, 1.82) is 0 Å². The van der Waals surface area contributed by atoms with E-state index in [0.717, 1.165) is 41.5 Å². The maximum Gasteiger partial charge on any atom is 0.306 e. The highest BCUT2D eigenvalue weighted by atomic mass is 32.2. The summed E-state index contributed by atoms with van der Waals surface area (Å²) < 4.78 is 60.8. The summed E-state index contributed by atoms with van der Waals surface area (Å²) in [5.41, 5.74) is 8.32. The number of carbonyl (C=O) groups excluding carboxylic acids is 2. The van der Waals surface area contributed by atoms with Crippen molar-refractivity contribution in [2.24, 2.45) is 11.7 Å². The van der Waals surface area contributed by atoms with Crippen LogP contribution in [0.1, 0.15) is 76.0 Å². The third-order valence-corrected chi connectivity index (χ3v) is 12.0. The highest BCUT2D eigenvalue weighted by Crippen LogP contribution is 2.25. The fraction of sp³-hybridized carbons (Fsp3) is 0.600. The monoisotopic (exact) mass is 696 g/mol. The lowest BCUT2D eigenvalue weighted by Crippen LogP contribution is -2.49. The molecule has 1 fully saturated rings. The minimum Gasteiger partial charge on any atom is -0.461 e. The maximum absolute atomic E-state index is 14.4. The van der Waals surface area contributed by atoms with Crippen molar-refractivity contribution >= 4 is 33.5 Å². The van der Waals surface area contributed by atoms with Gasteiger partial charge in [0.1, 0.15) is 17.7 Å². The first kappa shape index (κ1) is 38.9. The normalized spacial score (nSPS) is 17.0. The predicted octanol–water partition coefficient (Wildman–Crippen LogP) is 5.23. The van der Waals surface area contributed by atoms with Crippen LogP contribution in [0.4, 0.5) is 8.78 Å². The molecule has 1 saturated heterocycles. The van der Waals surface area contributed by atoms with Gasteiger partial charge in [-0.05, 0) is 66.7 Å². The molecule has 8 nitrogen and oxygen atoms in total. The molecule has 1 aliphatic rings. The van der Waals surface area contributed by atoms with E-state index in [-0.39, 0.29) is 31.2 Å². The largest absolute Gasteiger partial charge is 0.461 e. The summed E-state index contributed by atoms with van der Waals surface area (Å²) >= 11 is 1.67. The van der Waals surface area contributed by atoms with Gasteiger partial charge in [-0.15, -0.1) is 0 Å². The lowest BCUT2D eigenvalue weighted by molar-refractivity contribution is -0.152. The number of nitrogens with two attached hydrogens (primary N) is 1. The van der Waals surface area contributed by atoms with Gasteiger partial charge < -0.3 is 20.5 Å². The fourth-order valence-electron chi connectivity index (χ4n) is 5.98. The number of halogens is 2. The Labute approximate surface area is 282 Å². The summed E-state index contributed by atoms with van der Waals surface area (Å²) in [6.07, 6.45) is 1.56. The number of aliphatic hydroxyl groups is 1. The molecule has 1 amide bonds. The Morgan fingerprint density at radius 2 is 1.70 bits per heavy atom. The number of benzene rings is 2. The molecule has 3 N–H and O–H groups in total. The van der Waals surface area contributed by atoms with Gasteiger partial charge >= 0.3 is 5.97 Å². The number of nitrogens with zero attached hydrogens (tertiary/aromatic N) is 1. The Balaban J connectivity index is 1.93. The fourth-order valence-corrected chi connectivity index (χ4v) is 9.36. The third kappa shape index (κ3) is 12.5. The van der Waals surface area contributed by atoms with Crippen LogP contribution in [0.2, 0.25) is 0 Å². The summed E-state index contributed by atoms with van der Waals surface area (Å²) in [7, 11) is -3.79. The molecule has 4 atom stereocenters. The van der Waals surface area contributed by atoms with E-state index in [1.54, 1.807) is 11.8 Å². The van der Waals surface area contributed by atoms with Crippen LogP contribution in [-0.4, -0.2) is 77.6 Å². The molecule has 2 unspecified atom stereocenters. The number of aliphatic hydroxyl groups excluding tert-OH is 1. The van der Waals surface area contributed by atoms with Gasteiger partial charge in [-0.2, -0.15) is 11.8 Å². The molecule has 12 heteroatoms. The molecule has 0 spiro atoms. The second-order valence-corrected chi connectivity index (χ2v) is 16.0. The number of hydrogen-bond donors (Lipinski definition) is 2. The van der Waals surface area contributed by atoms with Crippen molar-refractivity contribution in [3.05, 3.63) is 70.8 Å². The van der Waals surface area contributed by atoms with Crippen LogP contribution in [0.15, 0.2) is 42.5 Å². The minimum absolute atomic E-state index is 0.0310. The van der Waals surface area contributed by atoms with Gasteiger partial charge in [-0.1, -0.05) is 57.9 Å². The number of esters is 1. The van der Waals surface area contributed by atoms with E-state index < -0.39 is 68.8 Å². The van der Waals surface area contributed by atoms with E-state index in [2.05, 4.69) is 0 Å². The van der Waals surface area contributed by atoms with Crippen LogP contribution < -0.4 is 5.73 Å². The summed E-state index contributed by atoms with van der Waals surface area (Å²) in [6, 6.07) is 9.57. The van der Waals surface area contributed by atoms with Crippen LogP contribution in [0.25, 0.3) is 0 Å². The molecular weight excluding hydrogens is 647 g/mol. The van der Waals surface area contributed by atoms with Crippen molar-refractivity contribution in [1.82, 2.24) is 4.90 Å². The zero-order valence-corrected chi connectivity index (χ0v) is 29.3. The molecule has 2 aromatic rings. The quantitative estimate of drug-likeness (QED) is 0.192. The van der Waals surface area contributed by atoms with E-state index in [4.69, 9.17) is 10.5 Å². The van der Waals surface area contributed by atoms with Crippen LogP contribution in [0.3, 0.4) is 0 Å². The van der Waals surface area contributed by atoms with Gasteiger partial charge in [0.15, 0.2) is 9.84 Å². The summed E-state index contributed by atoms with van der Waals surface area (Å²) in [5, 5.41) is 10.6. The number of carbonyl (C=O) groups is 2. The van der Waals surface area contributed by atoms with Crippen LogP contribution in [0, 0.1) is 17.6 Å². The van der Waals surface area contributed by atoms with Crippen molar-refractivity contribution < 1.29 is 36.6 Å². The molecule has 47 heavy (non-hydrogen) atoms. The number of ether oxygens (including phenoxy) is 1. The molecule has 0 aliphatic carbocycles. The first-order valence-corrected chi connectivity index (χ1v) is 19.5. The Morgan fingerprint density at radius 3 is 2.30 bits per heavy atom. The van der Waals surface area contributed by atoms with E-state index >= 15 is 0 Å². The molecule has 1 aliphatic heterocycles. The average Bonchev–Trinajstić information content (AvgIpc) is 3.52. The first-order chi connectivity index (χ1) is 22.3. The van der Waals surface area contributed by atoms with Gasteiger partial charge in [0, 0.05) is 31.0 Å². The Bertz CT molecular complexity index is 1390. The van der Waals surface area contributed by atoms with Crippen LogP contribution in [-0.2, 0) is 43.5 Å². The van der Waals surface area contributed by atoms with Crippen molar-refractivity contribution in [2.45, 2.75) is 102 Å². The second-order valence-electron chi connectivity index (χ2n) is 12.5. The number of rotatable bonds is 19. The van der Waals surface area contributed by atoms with Crippen molar-refractivity contribution in [2.75, 3.05) is 23.8 Å². The first-order valence-electron chi connectivity index (χ1n) is 16.6. The molecule has 0 aromatic heterocycles. The highest BCUT2D eigenvalue weighted by Gasteiger charge is 2.36. The lowest BCUT2D eigenvalue weighted by Gasteiger charge is -2.32. The minimum atomic E-state index is -3.79. The molecule has 0 saturated carbocycles. The van der Waals surface area contributed by atoms with Gasteiger partial charge in [-0.3, -0.25) is 9.59 Å². The number of aryl methyl sites for hydroxylation is 1. The Kier molecular flexibility index (Phi) is 15.6. The number of hydrogen-bond acceptors (Lipinski definition) is 8. The summed E-state index contributed by atoms with van der Waals surface area (Å²) in [5.74, 6) is -3.05. The van der Waals surface area contributed by atoms with E-state index in [1.807, 2.05) is 45.0 Å². The zero-order chi connectivity index (χ0) is 34.6. The van der Waals surface area contributed by atoms with Gasteiger partial charge in [0.05, 0.1) is 29.4 Å². The molecular formula is C35H50F2N2O6S2. The third-order valence-electron chi connectivity index (χ3n) is 8.49. The van der Waals surface area contributed by atoms with Crippen molar-refractivity contribution in [3.8, 4) is 0 Å². The smallest absolute Gasteiger partial charge is 0.306 e. The predicted molar refractivity (Wildman–Crippen MR) is 183 cm³/mol. The maximum atomic E-state index is 14.4. The Morgan fingerprint density at radius 1 is 1.04 bits per heavy atom. The number of sulfone groups is 1. The summed E-state index contributed by atoms with van der Waals surface area (Å²) in [6.45, 7) is 5.56. The summed E-state index contributed by atoms with van der Waals surface area (Å²) in [4.78, 5) is 28.9. The Hall–Kier alpha value is -2.54. The SMILES string of the molecule is CCCC(CCC)S(=O)(=O)CC(CC(=O)OC1CCSC1)C(=O)N(Cc1cccc(CC)c1)C[C@@H](O)[C@@H](N)Cc1cc(F)cc(F)c1. The van der Waals surface area contributed by atoms with Crippen molar-refractivity contribution in [3.63, 3.8) is 0 Å². The van der Waals surface area contributed by atoms with Crippen LogP contribution in [0.5, 0.6) is 0 Å². The molecule has 2 aromatic carbocycles. The van der Waals surface area contributed by atoms with E-state index in [9.17, 15) is 31.9 Å². The van der Waals surface area contributed by atoms with Crippen LogP contribution >= 0.6 is 11.8 Å². The number of thioether (sulfide) groups is 1. The van der Waals surface area contributed by atoms with Gasteiger partial charge in [0.2, 0.25) is 5.91 Å². The molecule has 0 bridgehead atoms. The second kappa shape index (κ2) is 18.9. The number of amides is 1. The lowest BCUT2D eigenvalue weighted by atomic mass is 9.99. The average molecular weight is 697 g/mol. The molecule has 262 valence electrons. The molecule has 1 heterocycles. The van der Waals surface area contributed by atoms with E-state index in [0.29, 0.717) is 37.9 Å². The molecule has 0 radical (unpaired) electrons. The topological polar surface area (TPSA) is 127 Å². The van der Waals surface area contributed by atoms with Gasteiger partial charge in [0.25, 0.3) is 0 Å². The van der Waals surface area contributed by atoms with E-state index in [1.165, 1.54) is 4.90 Å². The highest BCUT2D eigenvalue weighted by molar-refractivity contribution is 7.99. The standard InChI is InChI=1S/C35H50F2N2O6S2/c1-4-8-31(9-5-2)47(43,44)23-27(18-34(41)45-30-12-13-46-22-30)35(42)39(20-25-11-7-10-24(6-3)14-25)21-33(40)32(38)17-26-15-28(36)19-29(37)16-26/h7,10-11,14-16,19,27,30-33,40H,4-6,8-9,12-13,17-18,20-23,38H2,1-3H3/t27?,30?,32-,33+/m0/s1. The molecule has 3 rings (SSSR count). The zero-order valence-electron chi connectivity index (χ0n) is 27.7. The van der Waals surface area contributed by atoms with Gasteiger partial charge in [-0.25, -0.2) is 17.2 Å².